The number of hydrogen-bond donors (Lipinski definition) is 1. The SMILES string of the molecule is O=C1OCC=C[C@@H]2O[C@]34C=CCN(Cc5ccccc5)C(=O)C3N(CCCCCCO)C(=O)[C@@H]4[C@H]12. The van der Waals surface area contributed by atoms with Crippen LogP contribution in [0.2, 0.25) is 0 Å². The molecule has 0 aromatic heterocycles. The number of nitrogens with zero attached hydrogens (tertiary/aromatic N) is 2. The van der Waals surface area contributed by atoms with Crippen LogP contribution in [0.25, 0.3) is 0 Å². The van der Waals surface area contributed by atoms with Gasteiger partial charge in [0.2, 0.25) is 11.8 Å². The zero-order valence-electron chi connectivity index (χ0n) is 19.8. The summed E-state index contributed by atoms with van der Waals surface area (Å²) in [6.07, 6.45) is 9.78. The van der Waals surface area contributed by atoms with Gasteiger partial charge in [-0.05, 0) is 24.5 Å². The van der Waals surface area contributed by atoms with Gasteiger partial charge in [-0.25, -0.2) is 0 Å². The Bertz CT molecular complexity index is 1020. The molecule has 2 saturated heterocycles. The lowest BCUT2D eigenvalue weighted by molar-refractivity contribution is -0.153. The molecule has 0 aliphatic carbocycles. The molecule has 1 aromatic carbocycles. The quantitative estimate of drug-likeness (QED) is 0.347. The Morgan fingerprint density at radius 3 is 2.60 bits per heavy atom. The van der Waals surface area contributed by atoms with Crippen molar-refractivity contribution in [1.82, 2.24) is 9.80 Å². The number of aliphatic hydroxyl groups excluding tert-OH is 1. The van der Waals surface area contributed by atoms with Gasteiger partial charge in [-0.3, -0.25) is 14.4 Å². The van der Waals surface area contributed by atoms with E-state index in [1.165, 1.54) is 0 Å². The highest BCUT2D eigenvalue weighted by molar-refractivity contribution is 5.99. The van der Waals surface area contributed by atoms with E-state index in [1.807, 2.05) is 42.5 Å². The Morgan fingerprint density at radius 1 is 1.00 bits per heavy atom. The number of rotatable bonds is 8. The van der Waals surface area contributed by atoms with Crippen LogP contribution in [0.4, 0.5) is 0 Å². The molecule has 4 heterocycles. The van der Waals surface area contributed by atoms with Crippen LogP contribution in [-0.2, 0) is 30.4 Å². The lowest BCUT2D eigenvalue weighted by atomic mass is 9.78. The van der Waals surface area contributed by atoms with Crippen molar-refractivity contribution in [2.24, 2.45) is 11.8 Å². The summed E-state index contributed by atoms with van der Waals surface area (Å²) in [5.74, 6) is -2.43. The fraction of sp³-hybridized carbons (Fsp3) is 0.519. The van der Waals surface area contributed by atoms with Gasteiger partial charge in [0.15, 0.2) is 0 Å². The van der Waals surface area contributed by atoms with Crippen molar-refractivity contribution < 1.29 is 29.0 Å². The standard InChI is InChI=1S/C27H32N2O6/c30-16-7-2-1-6-15-29-23-25(32)28(18-19-10-4-3-5-11-19)14-9-13-27(23)22(24(29)31)21-20(35-27)12-8-17-34-26(21)33/h3-5,8-13,20-23,30H,1-2,6-7,14-18H2/t20-,21+,22-,23?,27-/m0/s1. The maximum absolute atomic E-state index is 14.1. The van der Waals surface area contributed by atoms with Crippen LogP contribution < -0.4 is 0 Å². The van der Waals surface area contributed by atoms with Gasteiger partial charge in [0, 0.05) is 26.2 Å². The molecule has 1 unspecified atom stereocenters. The number of carbonyl (C=O) groups excluding carboxylic acids is 3. The average molecular weight is 481 g/mol. The van der Waals surface area contributed by atoms with Crippen molar-refractivity contribution in [3.8, 4) is 0 Å². The highest BCUT2D eigenvalue weighted by Crippen LogP contribution is 2.53. The summed E-state index contributed by atoms with van der Waals surface area (Å²) < 4.78 is 11.9. The third-order valence-corrected chi connectivity index (χ3v) is 7.52. The molecule has 2 amide bonds. The first-order valence-electron chi connectivity index (χ1n) is 12.5. The molecule has 0 bridgehead atoms. The normalized spacial score (nSPS) is 31.6. The third kappa shape index (κ3) is 4.19. The summed E-state index contributed by atoms with van der Waals surface area (Å²) in [5, 5.41) is 9.07. The largest absolute Gasteiger partial charge is 0.461 e. The van der Waals surface area contributed by atoms with Gasteiger partial charge < -0.3 is 24.4 Å². The first kappa shape index (κ1) is 23.8. The number of ether oxygens (including phenoxy) is 2. The van der Waals surface area contributed by atoms with Gasteiger partial charge in [0.1, 0.15) is 24.2 Å². The minimum absolute atomic E-state index is 0.140. The Labute approximate surface area is 205 Å². The van der Waals surface area contributed by atoms with Gasteiger partial charge in [0.25, 0.3) is 0 Å². The molecule has 186 valence electrons. The predicted molar refractivity (Wildman–Crippen MR) is 127 cm³/mol. The number of hydrogen-bond acceptors (Lipinski definition) is 6. The monoisotopic (exact) mass is 480 g/mol. The molecule has 1 aromatic rings. The van der Waals surface area contributed by atoms with Crippen molar-refractivity contribution >= 4 is 17.8 Å². The Hall–Kier alpha value is -2.97. The second kappa shape index (κ2) is 9.95. The number of unbranched alkanes of at least 4 members (excludes halogenated alkanes) is 3. The highest BCUT2D eigenvalue weighted by atomic mass is 16.6. The first-order chi connectivity index (χ1) is 17.1. The van der Waals surface area contributed by atoms with Gasteiger partial charge >= 0.3 is 5.97 Å². The Balaban J connectivity index is 1.48. The number of amides is 2. The molecule has 0 saturated carbocycles. The van der Waals surface area contributed by atoms with Crippen molar-refractivity contribution in [3.63, 3.8) is 0 Å². The topological polar surface area (TPSA) is 96.4 Å². The molecular weight excluding hydrogens is 448 g/mol. The first-order valence-corrected chi connectivity index (χ1v) is 12.5. The number of aliphatic hydroxyl groups is 1. The van der Waals surface area contributed by atoms with Crippen LogP contribution in [0.1, 0.15) is 31.2 Å². The molecular formula is C27H32N2O6. The lowest BCUT2D eigenvalue weighted by Gasteiger charge is -2.35. The molecule has 8 heteroatoms. The van der Waals surface area contributed by atoms with Crippen molar-refractivity contribution in [3.05, 3.63) is 60.2 Å². The molecule has 4 aliphatic rings. The van der Waals surface area contributed by atoms with Gasteiger partial charge in [-0.1, -0.05) is 61.4 Å². The Morgan fingerprint density at radius 2 is 1.80 bits per heavy atom. The van der Waals surface area contributed by atoms with Crippen LogP contribution in [0.15, 0.2) is 54.6 Å². The van der Waals surface area contributed by atoms with E-state index in [4.69, 9.17) is 14.6 Å². The number of cyclic esters (lactones) is 1. The van der Waals surface area contributed by atoms with Crippen LogP contribution in [0.3, 0.4) is 0 Å². The van der Waals surface area contributed by atoms with Crippen molar-refractivity contribution in [2.45, 2.75) is 50.0 Å². The Kier molecular flexibility index (Phi) is 6.75. The number of carbonyl (C=O) groups is 3. The number of fused-ring (bicyclic) bond motifs is 2. The number of esters is 1. The number of benzene rings is 1. The molecule has 2 fully saturated rings. The highest BCUT2D eigenvalue weighted by Gasteiger charge is 2.71. The minimum Gasteiger partial charge on any atom is -0.461 e. The average Bonchev–Trinajstić information content (AvgIpc) is 3.16. The van der Waals surface area contributed by atoms with E-state index in [-0.39, 0.29) is 25.0 Å². The molecule has 5 rings (SSSR count). The summed E-state index contributed by atoms with van der Waals surface area (Å²) in [5.41, 5.74) is -0.202. The molecule has 35 heavy (non-hydrogen) atoms. The molecule has 1 spiro atoms. The zero-order valence-corrected chi connectivity index (χ0v) is 19.8. The van der Waals surface area contributed by atoms with Crippen LogP contribution in [-0.4, -0.2) is 76.7 Å². The summed E-state index contributed by atoms with van der Waals surface area (Å²) >= 11 is 0. The van der Waals surface area contributed by atoms with E-state index < -0.39 is 35.6 Å². The van der Waals surface area contributed by atoms with Gasteiger partial charge in [-0.15, -0.1) is 0 Å². The molecule has 0 radical (unpaired) electrons. The lowest BCUT2D eigenvalue weighted by Crippen LogP contribution is -2.55. The molecule has 1 N–H and O–H groups in total. The van der Waals surface area contributed by atoms with E-state index in [2.05, 4.69) is 0 Å². The summed E-state index contributed by atoms with van der Waals surface area (Å²) in [7, 11) is 0. The molecule has 8 nitrogen and oxygen atoms in total. The summed E-state index contributed by atoms with van der Waals surface area (Å²) in [6, 6.07) is 8.93. The van der Waals surface area contributed by atoms with Crippen LogP contribution >= 0.6 is 0 Å². The third-order valence-electron chi connectivity index (χ3n) is 7.52. The minimum atomic E-state index is -1.21. The maximum atomic E-state index is 14.1. The molecule has 4 aliphatic heterocycles. The van der Waals surface area contributed by atoms with E-state index in [1.54, 1.807) is 22.0 Å². The second-order valence-electron chi connectivity index (χ2n) is 9.68. The maximum Gasteiger partial charge on any atom is 0.313 e. The van der Waals surface area contributed by atoms with E-state index >= 15 is 0 Å². The fourth-order valence-corrected chi connectivity index (χ4v) is 5.95. The zero-order chi connectivity index (χ0) is 24.4. The molecule has 5 atom stereocenters. The van der Waals surface area contributed by atoms with E-state index in [0.29, 0.717) is 32.5 Å². The van der Waals surface area contributed by atoms with E-state index in [0.717, 1.165) is 18.4 Å². The van der Waals surface area contributed by atoms with Crippen LogP contribution in [0, 0.1) is 11.8 Å². The van der Waals surface area contributed by atoms with E-state index in [9.17, 15) is 14.4 Å². The van der Waals surface area contributed by atoms with Crippen LogP contribution in [0.5, 0.6) is 0 Å². The second-order valence-corrected chi connectivity index (χ2v) is 9.68. The summed E-state index contributed by atoms with van der Waals surface area (Å²) in [6.45, 7) is 1.52. The smallest absolute Gasteiger partial charge is 0.313 e. The van der Waals surface area contributed by atoms with Crippen molar-refractivity contribution in [2.75, 3.05) is 26.3 Å². The predicted octanol–water partition coefficient (Wildman–Crippen LogP) is 1.83. The fourth-order valence-electron chi connectivity index (χ4n) is 5.95. The van der Waals surface area contributed by atoms with Gasteiger partial charge in [-0.2, -0.15) is 0 Å². The summed E-state index contributed by atoms with van der Waals surface area (Å²) in [4.78, 5) is 44.2. The number of likely N-dealkylation sites (tertiary alicyclic amines) is 1. The van der Waals surface area contributed by atoms with Crippen molar-refractivity contribution in [1.29, 1.82) is 0 Å². The van der Waals surface area contributed by atoms with Gasteiger partial charge in [0.05, 0.1) is 12.0 Å².